The van der Waals surface area contributed by atoms with Gasteiger partial charge in [0.1, 0.15) is 5.69 Å². The average Bonchev–Trinajstić information content (AvgIpc) is 2.80. The standard InChI is InChI=1S/C12H20N4O/c1-12(2,3)16-6-4-15(5-7-16)11(17)10-8-13-9-14-10/h8-9H,4-7H2,1-3H3,(H,13,14). The molecule has 0 unspecified atom stereocenters. The van der Waals surface area contributed by atoms with Gasteiger partial charge in [-0.25, -0.2) is 4.98 Å². The number of H-pyrrole nitrogens is 1. The van der Waals surface area contributed by atoms with Crippen molar-refractivity contribution in [2.45, 2.75) is 26.3 Å². The second-order valence-corrected chi connectivity index (χ2v) is 5.42. The highest BCUT2D eigenvalue weighted by molar-refractivity contribution is 5.92. The van der Waals surface area contributed by atoms with Gasteiger partial charge in [0.15, 0.2) is 0 Å². The predicted molar refractivity (Wildman–Crippen MR) is 65.8 cm³/mol. The molecule has 1 aliphatic heterocycles. The molecule has 0 radical (unpaired) electrons. The molecule has 1 amide bonds. The highest BCUT2D eigenvalue weighted by Crippen LogP contribution is 2.16. The van der Waals surface area contributed by atoms with Crippen LogP contribution in [0.4, 0.5) is 0 Å². The lowest BCUT2D eigenvalue weighted by atomic mass is 10.0. The highest BCUT2D eigenvalue weighted by Gasteiger charge is 2.28. The first-order valence-electron chi connectivity index (χ1n) is 6.01. The molecule has 1 aromatic heterocycles. The van der Waals surface area contributed by atoms with Crippen LogP contribution in [0.2, 0.25) is 0 Å². The van der Waals surface area contributed by atoms with Gasteiger partial charge in [0.25, 0.3) is 5.91 Å². The van der Waals surface area contributed by atoms with Crippen LogP contribution in [0.3, 0.4) is 0 Å². The van der Waals surface area contributed by atoms with Crippen molar-refractivity contribution in [3.8, 4) is 0 Å². The predicted octanol–water partition coefficient (Wildman–Crippen LogP) is 0.966. The number of carbonyl (C=O) groups is 1. The van der Waals surface area contributed by atoms with Gasteiger partial charge in [0.2, 0.25) is 0 Å². The smallest absolute Gasteiger partial charge is 0.272 e. The van der Waals surface area contributed by atoms with Gasteiger partial charge in [0, 0.05) is 31.7 Å². The molecule has 0 spiro atoms. The van der Waals surface area contributed by atoms with Crippen molar-refractivity contribution in [3.05, 3.63) is 18.2 Å². The van der Waals surface area contributed by atoms with Crippen LogP contribution in [0.1, 0.15) is 31.3 Å². The molecule has 0 aliphatic carbocycles. The first kappa shape index (κ1) is 12.1. The van der Waals surface area contributed by atoms with Crippen LogP contribution in [0.25, 0.3) is 0 Å². The van der Waals surface area contributed by atoms with Crippen molar-refractivity contribution < 1.29 is 4.79 Å². The number of amides is 1. The number of hydrogen-bond donors (Lipinski definition) is 1. The molecule has 0 aromatic carbocycles. The third-order valence-electron chi connectivity index (χ3n) is 3.24. The number of imidazole rings is 1. The highest BCUT2D eigenvalue weighted by atomic mass is 16.2. The molecule has 2 rings (SSSR count). The zero-order chi connectivity index (χ0) is 12.5. The van der Waals surface area contributed by atoms with Crippen molar-refractivity contribution >= 4 is 5.91 Å². The van der Waals surface area contributed by atoms with Gasteiger partial charge in [0.05, 0.1) is 12.5 Å². The van der Waals surface area contributed by atoms with Crippen molar-refractivity contribution in [1.29, 1.82) is 0 Å². The molecule has 0 bridgehead atoms. The van der Waals surface area contributed by atoms with E-state index in [-0.39, 0.29) is 11.4 Å². The molecule has 1 aliphatic rings. The lowest BCUT2D eigenvalue weighted by molar-refractivity contribution is 0.0447. The first-order valence-corrected chi connectivity index (χ1v) is 6.01. The fourth-order valence-corrected chi connectivity index (χ4v) is 2.12. The molecule has 1 saturated heterocycles. The number of aromatic nitrogens is 2. The molecule has 2 heterocycles. The second-order valence-electron chi connectivity index (χ2n) is 5.42. The number of nitrogens with zero attached hydrogens (tertiary/aromatic N) is 3. The van der Waals surface area contributed by atoms with E-state index in [9.17, 15) is 4.79 Å². The van der Waals surface area contributed by atoms with Crippen molar-refractivity contribution in [3.63, 3.8) is 0 Å². The second kappa shape index (κ2) is 4.49. The molecule has 1 N–H and O–H groups in total. The fraction of sp³-hybridized carbons (Fsp3) is 0.667. The van der Waals surface area contributed by atoms with Crippen molar-refractivity contribution in [2.24, 2.45) is 0 Å². The van der Waals surface area contributed by atoms with Crippen LogP contribution in [-0.4, -0.2) is 57.4 Å². The lowest BCUT2D eigenvalue weighted by Gasteiger charge is -2.42. The molecular weight excluding hydrogens is 216 g/mol. The van der Waals surface area contributed by atoms with Gasteiger partial charge in [-0.2, -0.15) is 0 Å². The van der Waals surface area contributed by atoms with Crippen LogP contribution in [0.5, 0.6) is 0 Å². The van der Waals surface area contributed by atoms with Gasteiger partial charge in [-0.15, -0.1) is 0 Å². The third-order valence-corrected chi connectivity index (χ3v) is 3.24. The zero-order valence-electron chi connectivity index (χ0n) is 10.7. The minimum absolute atomic E-state index is 0.0519. The first-order chi connectivity index (χ1) is 7.98. The van der Waals surface area contributed by atoms with E-state index in [2.05, 4.69) is 35.6 Å². The number of rotatable bonds is 1. The van der Waals surface area contributed by atoms with Gasteiger partial charge < -0.3 is 9.88 Å². The average molecular weight is 236 g/mol. The van der Waals surface area contributed by atoms with E-state index >= 15 is 0 Å². The SMILES string of the molecule is CC(C)(C)N1CCN(C(=O)c2cnc[nH]2)CC1. The van der Waals surface area contributed by atoms with Crippen LogP contribution in [0.15, 0.2) is 12.5 Å². The number of aromatic amines is 1. The Morgan fingerprint density at radius 1 is 1.29 bits per heavy atom. The molecule has 17 heavy (non-hydrogen) atoms. The van der Waals surface area contributed by atoms with E-state index in [1.54, 1.807) is 12.5 Å². The summed E-state index contributed by atoms with van der Waals surface area (Å²) in [6.45, 7) is 10.1. The van der Waals surface area contributed by atoms with Crippen LogP contribution >= 0.6 is 0 Å². The summed E-state index contributed by atoms with van der Waals surface area (Å²) in [4.78, 5) is 23.1. The fourth-order valence-electron chi connectivity index (χ4n) is 2.12. The Hall–Kier alpha value is -1.36. The number of hydrogen-bond acceptors (Lipinski definition) is 3. The summed E-state index contributed by atoms with van der Waals surface area (Å²) in [6, 6.07) is 0. The Labute approximate surface area is 102 Å². The largest absolute Gasteiger partial charge is 0.341 e. The Bertz CT molecular complexity index is 372. The summed E-state index contributed by atoms with van der Waals surface area (Å²) in [5, 5.41) is 0. The molecular formula is C12H20N4O. The molecule has 0 saturated carbocycles. The molecule has 5 nitrogen and oxygen atoms in total. The zero-order valence-corrected chi connectivity index (χ0v) is 10.7. The summed E-state index contributed by atoms with van der Waals surface area (Å²) in [6.07, 6.45) is 3.12. The quantitative estimate of drug-likeness (QED) is 0.790. The van der Waals surface area contributed by atoms with E-state index in [0.717, 1.165) is 26.2 Å². The van der Waals surface area contributed by atoms with Gasteiger partial charge in [-0.05, 0) is 20.8 Å². The van der Waals surface area contributed by atoms with Crippen LogP contribution in [-0.2, 0) is 0 Å². The number of nitrogens with one attached hydrogen (secondary N) is 1. The number of carbonyl (C=O) groups excluding carboxylic acids is 1. The number of piperazine rings is 1. The maximum Gasteiger partial charge on any atom is 0.272 e. The Morgan fingerprint density at radius 2 is 1.94 bits per heavy atom. The summed E-state index contributed by atoms with van der Waals surface area (Å²) < 4.78 is 0. The van der Waals surface area contributed by atoms with Gasteiger partial charge >= 0.3 is 0 Å². The van der Waals surface area contributed by atoms with Gasteiger partial charge in [-0.1, -0.05) is 0 Å². The van der Waals surface area contributed by atoms with Crippen molar-refractivity contribution in [1.82, 2.24) is 19.8 Å². The molecule has 0 atom stereocenters. The monoisotopic (exact) mass is 236 g/mol. The van der Waals surface area contributed by atoms with Crippen molar-refractivity contribution in [2.75, 3.05) is 26.2 Å². The maximum absolute atomic E-state index is 12.1. The van der Waals surface area contributed by atoms with Crippen LogP contribution in [0, 0.1) is 0 Å². The Balaban J connectivity index is 1.94. The molecule has 1 fully saturated rings. The third kappa shape index (κ3) is 2.66. The summed E-state index contributed by atoms with van der Waals surface area (Å²) >= 11 is 0. The minimum atomic E-state index is 0.0519. The molecule has 1 aromatic rings. The van der Waals surface area contributed by atoms with Crippen LogP contribution < -0.4 is 0 Å². The summed E-state index contributed by atoms with van der Waals surface area (Å²) in [5.41, 5.74) is 0.762. The normalized spacial score (nSPS) is 18.4. The molecule has 5 heteroatoms. The minimum Gasteiger partial charge on any atom is -0.341 e. The maximum atomic E-state index is 12.1. The van der Waals surface area contributed by atoms with Gasteiger partial charge in [-0.3, -0.25) is 9.69 Å². The van der Waals surface area contributed by atoms with E-state index in [0.29, 0.717) is 5.69 Å². The summed E-state index contributed by atoms with van der Waals surface area (Å²) in [7, 11) is 0. The van der Waals surface area contributed by atoms with E-state index in [4.69, 9.17) is 0 Å². The Kier molecular flexibility index (Phi) is 3.19. The topological polar surface area (TPSA) is 52.2 Å². The van der Waals surface area contributed by atoms with E-state index in [1.807, 2.05) is 4.90 Å². The van der Waals surface area contributed by atoms with E-state index < -0.39 is 0 Å². The molecule has 94 valence electrons. The Morgan fingerprint density at radius 3 is 2.41 bits per heavy atom. The summed E-state index contributed by atoms with van der Waals surface area (Å²) in [5.74, 6) is 0.0519. The lowest BCUT2D eigenvalue weighted by Crippen LogP contribution is -2.54. The van der Waals surface area contributed by atoms with E-state index in [1.165, 1.54) is 0 Å².